The van der Waals surface area contributed by atoms with Gasteiger partial charge in [0.15, 0.2) is 0 Å². The van der Waals surface area contributed by atoms with Crippen LogP contribution in [0.2, 0.25) is 10.0 Å². The Morgan fingerprint density at radius 3 is 2.41 bits per heavy atom. The number of nitriles is 1. The highest BCUT2D eigenvalue weighted by atomic mass is 35.5. The number of hydrogen-bond donors (Lipinski definition) is 2. The van der Waals surface area contributed by atoms with Gasteiger partial charge in [-0.15, -0.1) is 0 Å². The maximum atomic E-state index is 12.7. The summed E-state index contributed by atoms with van der Waals surface area (Å²) in [6, 6.07) is 18.2. The van der Waals surface area contributed by atoms with Crippen molar-refractivity contribution >= 4 is 50.5 Å². The molecule has 3 rings (SSSR count). The number of halogens is 2. The number of nitrogens with one attached hydrogen (secondary N) is 2. The molecule has 3 aromatic carbocycles. The quantitative estimate of drug-likeness (QED) is 0.581. The first-order chi connectivity index (χ1) is 13.8. The molecule has 0 atom stereocenters. The second-order valence-corrected chi connectivity index (χ2v) is 8.37. The highest BCUT2D eigenvalue weighted by Crippen LogP contribution is 2.26. The van der Waals surface area contributed by atoms with Gasteiger partial charge in [-0.3, -0.25) is 9.52 Å². The normalized spacial score (nSPS) is 10.8. The summed E-state index contributed by atoms with van der Waals surface area (Å²) < 4.78 is 27.8. The van der Waals surface area contributed by atoms with Crippen molar-refractivity contribution in [3.63, 3.8) is 0 Å². The van der Waals surface area contributed by atoms with Crippen molar-refractivity contribution in [2.24, 2.45) is 0 Å². The third kappa shape index (κ3) is 4.87. The van der Waals surface area contributed by atoms with Gasteiger partial charge in [0.25, 0.3) is 15.9 Å². The van der Waals surface area contributed by atoms with E-state index >= 15 is 0 Å². The predicted molar refractivity (Wildman–Crippen MR) is 113 cm³/mol. The minimum absolute atomic E-state index is 0.0868. The van der Waals surface area contributed by atoms with E-state index in [4.69, 9.17) is 28.5 Å². The molecule has 0 saturated heterocycles. The number of nitrogens with zero attached hydrogens (tertiary/aromatic N) is 1. The first-order valence-corrected chi connectivity index (χ1v) is 10.4. The summed E-state index contributed by atoms with van der Waals surface area (Å²) in [6.45, 7) is 0. The molecule has 0 saturated carbocycles. The van der Waals surface area contributed by atoms with Crippen LogP contribution in [0.3, 0.4) is 0 Å². The molecule has 9 heteroatoms. The molecule has 3 aromatic rings. The number of carbonyl (C=O) groups excluding carboxylic acids is 1. The van der Waals surface area contributed by atoms with Crippen molar-refractivity contribution in [1.82, 2.24) is 0 Å². The van der Waals surface area contributed by atoms with Crippen LogP contribution in [-0.4, -0.2) is 14.3 Å². The monoisotopic (exact) mass is 445 g/mol. The van der Waals surface area contributed by atoms with Crippen LogP contribution >= 0.6 is 23.2 Å². The van der Waals surface area contributed by atoms with Gasteiger partial charge in [0.1, 0.15) is 0 Å². The molecule has 146 valence electrons. The molecule has 0 aliphatic heterocycles. The van der Waals surface area contributed by atoms with Gasteiger partial charge in [0.2, 0.25) is 0 Å². The number of carbonyl (C=O) groups is 1. The smallest absolute Gasteiger partial charge is 0.261 e. The standard InChI is InChI=1S/C20H13Cl2N3O3S/c21-17-9-8-14(11-18(17)22)24-20(26)16-6-1-2-7-19(16)25-29(27,28)15-5-3-4-13(10-15)12-23/h1-11,25H,(H,24,26). The number of amides is 1. The minimum Gasteiger partial charge on any atom is -0.322 e. The van der Waals surface area contributed by atoms with Gasteiger partial charge in [-0.2, -0.15) is 5.26 Å². The third-order valence-corrected chi connectivity index (χ3v) is 5.97. The third-order valence-electron chi connectivity index (χ3n) is 3.87. The number of rotatable bonds is 5. The van der Waals surface area contributed by atoms with E-state index in [0.717, 1.165) is 0 Å². The van der Waals surface area contributed by atoms with Gasteiger partial charge < -0.3 is 5.32 Å². The number of anilines is 2. The number of benzene rings is 3. The van der Waals surface area contributed by atoms with Crippen LogP contribution in [0.5, 0.6) is 0 Å². The van der Waals surface area contributed by atoms with Crippen molar-refractivity contribution < 1.29 is 13.2 Å². The zero-order valence-corrected chi connectivity index (χ0v) is 17.0. The summed E-state index contributed by atoms with van der Waals surface area (Å²) in [6.07, 6.45) is 0. The van der Waals surface area contributed by atoms with Crippen molar-refractivity contribution in [2.45, 2.75) is 4.90 Å². The summed E-state index contributed by atoms with van der Waals surface area (Å²) in [5.41, 5.74) is 0.813. The fourth-order valence-corrected chi connectivity index (χ4v) is 3.90. The lowest BCUT2D eigenvalue weighted by Gasteiger charge is -2.13. The van der Waals surface area contributed by atoms with E-state index in [1.165, 1.54) is 48.5 Å². The molecule has 0 radical (unpaired) electrons. The van der Waals surface area contributed by atoms with Crippen molar-refractivity contribution in [1.29, 1.82) is 5.26 Å². The molecule has 0 bridgehead atoms. The second-order valence-electron chi connectivity index (χ2n) is 5.87. The largest absolute Gasteiger partial charge is 0.322 e. The van der Waals surface area contributed by atoms with Crippen molar-refractivity contribution in [3.8, 4) is 6.07 Å². The Morgan fingerprint density at radius 2 is 1.69 bits per heavy atom. The van der Waals surface area contributed by atoms with E-state index in [-0.39, 0.29) is 26.7 Å². The van der Waals surface area contributed by atoms with Gasteiger partial charge >= 0.3 is 0 Å². The van der Waals surface area contributed by atoms with Gasteiger partial charge in [-0.1, -0.05) is 41.4 Å². The van der Waals surface area contributed by atoms with E-state index in [9.17, 15) is 13.2 Å². The highest BCUT2D eigenvalue weighted by molar-refractivity contribution is 7.92. The summed E-state index contributed by atoms with van der Waals surface area (Å²) in [5.74, 6) is -0.535. The lowest BCUT2D eigenvalue weighted by Crippen LogP contribution is -2.18. The molecular formula is C20H13Cl2N3O3S. The molecule has 2 N–H and O–H groups in total. The average molecular weight is 446 g/mol. The van der Waals surface area contributed by atoms with Gasteiger partial charge in [-0.05, 0) is 48.5 Å². The SMILES string of the molecule is N#Cc1cccc(S(=O)(=O)Nc2ccccc2C(=O)Nc2ccc(Cl)c(Cl)c2)c1. The Bertz CT molecular complexity index is 1240. The minimum atomic E-state index is -4.01. The number of sulfonamides is 1. The van der Waals surface area contributed by atoms with Crippen LogP contribution in [0, 0.1) is 11.3 Å². The second kappa shape index (κ2) is 8.53. The Kier molecular flexibility index (Phi) is 6.09. The summed E-state index contributed by atoms with van der Waals surface area (Å²) in [4.78, 5) is 12.6. The van der Waals surface area contributed by atoms with Crippen LogP contribution in [0.1, 0.15) is 15.9 Å². The highest BCUT2D eigenvalue weighted by Gasteiger charge is 2.19. The van der Waals surface area contributed by atoms with E-state index in [1.54, 1.807) is 18.2 Å². The lowest BCUT2D eigenvalue weighted by atomic mass is 10.1. The molecule has 29 heavy (non-hydrogen) atoms. The summed E-state index contributed by atoms with van der Waals surface area (Å²) >= 11 is 11.8. The zero-order chi connectivity index (χ0) is 21.0. The van der Waals surface area contributed by atoms with Crippen molar-refractivity contribution in [3.05, 3.63) is 87.9 Å². The fourth-order valence-electron chi connectivity index (χ4n) is 2.48. The Hall–Kier alpha value is -3.05. The topological polar surface area (TPSA) is 99.1 Å². The molecule has 0 aliphatic carbocycles. The van der Waals surface area contributed by atoms with E-state index in [0.29, 0.717) is 10.7 Å². The van der Waals surface area contributed by atoms with Crippen LogP contribution in [0.25, 0.3) is 0 Å². The maximum absolute atomic E-state index is 12.7. The molecular weight excluding hydrogens is 433 g/mol. The molecule has 0 spiro atoms. The first-order valence-electron chi connectivity index (χ1n) is 8.18. The first kappa shape index (κ1) is 20.7. The molecule has 6 nitrogen and oxygen atoms in total. The molecule has 0 aromatic heterocycles. The Balaban J connectivity index is 1.89. The van der Waals surface area contributed by atoms with Gasteiger partial charge in [0, 0.05) is 5.69 Å². The summed E-state index contributed by atoms with van der Waals surface area (Å²) in [5, 5.41) is 12.2. The van der Waals surface area contributed by atoms with E-state index in [2.05, 4.69) is 10.0 Å². The molecule has 0 fully saturated rings. The van der Waals surface area contributed by atoms with Gasteiger partial charge in [0.05, 0.1) is 37.8 Å². The Labute approximate surface area is 177 Å². The molecule has 1 amide bonds. The van der Waals surface area contributed by atoms with E-state index < -0.39 is 15.9 Å². The number of para-hydroxylation sites is 1. The fraction of sp³-hybridized carbons (Fsp3) is 0. The predicted octanol–water partition coefficient (Wildman–Crippen LogP) is 4.92. The molecule has 0 aliphatic rings. The van der Waals surface area contributed by atoms with Crippen LogP contribution in [0.4, 0.5) is 11.4 Å². The van der Waals surface area contributed by atoms with Crippen LogP contribution in [-0.2, 0) is 10.0 Å². The zero-order valence-electron chi connectivity index (χ0n) is 14.7. The van der Waals surface area contributed by atoms with Gasteiger partial charge in [-0.25, -0.2) is 8.42 Å². The molecule has 0 unspecified atom stereocenters. The molecule has 0 heterocycles. The Morgan fingerprint density at radius 1 is 0.931 bits per heavy atom. The lowest BCUT2D eigenvalue weighted by molar-refractivity contribution is 0.102. The maximum Gasteiger partial charge on any atom is 0.261 e. The van der Waals surface area contributed by atoms with E-state index in [1.807, 2.05) is 6.07 Å². The summed E-state index contributed by atoms with van der Waals surface area (Å²) in [7, 11) is -4.01. The average Bonchev–Trinajstić information content (AvgIpc) is 2.71. The van der Waals surface area contributed by atoms with Crippen molar-refractivity contribution in [2.75, 3.05) is 10.0 Å². The number of hydrogen-bond acceptors (Lipinski definition) is 4. The van der Waals surface area contributed by atoms with Crippen LogP contribution in [0.15, 0.2) is 71.6 Å². The van der Waals surface area contributed by atoms with Crippen LogP contribution < -0.4 is 10.0 Å².